The Morgan fingerprint density at radius 2 is 2.04 bits per heavy atom. The molecule has 0 aromatic heterocycles. The number of aromatic hydroxyl groups is 1. The van der Waals surface area contributed by atoms with Crippen molar-refractivity contribution < 1.29 is 14.6 Å². The number of phenolic OH excluding ortho intramolecular Hbond substituents is 1. The van der Waals surface area contributed by atoms with E-state index >= 15 is 0 Å². The second-order valence-electron chi connectivity index (χ2n) is 4.85. The molecular formula is C17H17IN2O3. The normalized spacial score (nSPS) is 10.7. The van der Waals surface area contributed by atoms with E-state index in [2.05, 4.69) is 10.5 Å². The number of benzene rings is 2. The summed E-state index contributed by atoms with van der Waals surface area (Å²) < 4.78 is 6.01. The summed E-state index contributed by atoms with van der Waals surface area (Å²) in [4.78, 5) is 11.9. The fourth-order valence-corrected chi connectivity index (χ4v) is 2.49. The molecule has 0 aliphatic rings. The number of carbonyl (C=O) groups is 1. The van der Waals surface area contributed by atoms with Gasteiger partial charge in [0.15, 0.2) is 11.5 Å². The van der Waals surface area contributed by atoms with E-state index in [0.717, 1.165) is 11.1 Å². The van der Waals surface area contributed by atoms with E-state index in [1.54, 1.807) is 24.3 Å². The highest BCUT2D eigenvalue weighted by molar-refractivity contribution is 14.1. The first kappa shape index (κ1) is 17.3. The zero-order chi connectivity index (χ0) is 16.8. The lowest BCUT2D eigenvalue weighted by atomic mass is 10.1. The van der Waals surface area contributed by atoms with Crippen LogP contribution in [0.1, 0.15) is 28.4 Å². The molecule has 0 aliphatic heterocycles. The van der Waals surface area contributed by atoms with E-state index in [-0.39, 0.29) is 11.7 Å². The van der Waals surface area contributed by atoms with Crippen molar-refractivity contribution in [3.8, 4) is 11.5 Å². The summed E-state index contributed by atoms with van der Waals surface area (Å²) in [7, 11) is 0. The lowest BCUT2D eigenvalue weighted by molar-refractivity contribution is 0.0955. The van der Waals surface area contributed by atoms with Crippen molar-refractivity contribution in [2.45, 2.75) is 13.8 Å². The van der Waals surface area contributed by atoms with Crippen molar-refractivity contribution in [1.82, 2.24) is 5.43 Å². The van der Waals surface area contributed by atoms with Gasteiger partial charge in [-0.05, 0) is 66.3 Å². The summed E-state index contributed by atoms with van der Waals surface area (Å²) in [6.45, 7) is 4.26. The Morgan fingerprint density at radius 1 is 1.35 bits per heavy atom. The molecule has 2 aromatic rings. The van der Waals surface area contributed by atoms with Crippen LogP contribution in [-0.2, 0) is 0 Å². The SMILES string of the molecule is CCOc1cc(/C=N\NC(=O)c2ccc(C)cc2)cc(I)c1O. The Labute approximate surface area is 148 Å². The predicted molar refractivity (Wildman–Crippen MR) is 98.2 cm³/mol. The van der Waals surface area contributed by atoms with E-state index in [1.807, 2.05) is 48.6 Å². The van der Waals surface area contributed by atoms with Crippen LogP contribution in [0.2, 0.25) is 0 Å². The van der Waals surface area contributed by atoms with Crippen LogP contribution >= 0.6 is 22.6 Å². The third kappa shape index (κ3) is 4.69. The summed E-state index contributed by atoms with van der Waals surface area (Å²) in [5, 5.41) is 13.8. The van der Waals surface area contributed by atoms with Crippen molar-refractivity contribution >= 4 is 34.7 Å². The number of ether oxygens (including phenoxy) is 1. The van der Waals surface area contributed by atoms with Crippen LogP contribution < -0.4 is 10.2 Å². The Kier molecular flexibility index (Phi) is 5.97. The van der Waals surface area contributed by atoms with Crippen LogP contribution in [0.25, 0.3) is 0 Å². The molecule has 2 N–H and O–H groups in total. The first-order chi connectivity index (χ1) is 11.0. The first-order valence-electron chi connectivity index (χ1n) is 7.06. The maximum absolute atomic E-state index is 11.9. The zero-order valence-corrected chi connectivity index (χ0v) is 15.0. The molecule has 6 heteroatoms. The molecule has 0 fully saturated rings. The maximum Gasteiger partial charge on any atom is 0.271 e. The van der Waals surface area contributed by atoms with Gasteiger partial charge in [-0.25, -0.2) is 5.43 Å². The maximum atomic E-state index is 11.9. The number of hydrogen-bond donors (Lipinski definition) is 2. The van der Waals surface area contributed by atoms with E-state index in [0.29, 0.717) is 21.5 Å². The predicted octanol–water partition coefficient (Wildman–Crippen LogP) is 3.47. The van der Waals surface area contributed by atoms with E-state index < -0.39 is 0 Å². The summed E-state index contributed by atoms with van der Waals surface area (Å²) in [6, 6.07) is 10.7. The molecule has 0 heterocycles. The number of amides is 1. The average Bonchev–Trinajstić information content (AvgIpc) is 2.53. The summed E-state index contributed by atoms with van der Waals surface area (Å²) in [5.74, 6) is 0.221. The highest BCUT2D eigenvalue weighted by Gasteiger charge is 2.08. The van der Waals surface area contributed by atoms with Crippen molar-refractivity contribution in [3.05, 3.63) is 56.7 Å². The molecular weight excluding hydrogens is 407 g/mol. The number of hydrogen-bond acceptors (Lipinski definition) is 4. The first-order valence-corrected chi connectivity index (χ1v) is 8.14. The fourth-order valence-electron chi connectivity index (χ4n) is 1.87. The van der Waals surface area contributed by atoms with E-state index in [1.165, 1.54) is 6.21 Å². The standard InChI is InChI=1S/C17H17IN2O3/c1-3-23-15-9-12(8-14(18)16(15)21)10-19-20-17(22)13-6-4-11(2)5-7-13/h4-10,21H,3H2,1-2H3,(H,20,22)/b19-10-. The lowest BCUT2D eigenvalue weighted by Crippen LogP contribution is -2.17. The Bertz CT molecular complexity index is 727. The van der Waals surface area contributed by atoms with Gasteiger partial charge in [-0.1, -0.05) is 17.7 Å². The average molecular weight is 424 g/mol. The second kappa shape index (κ2) is 7.96. The zero-order valence-electron chi connectivity index (χ0n) is 12.8. The van der Waals surface area contributed by atoms with Gasteiger partial charge < -0.3 is 9.84 Å². The number of nitrogens with zero attached hydrogens (tertiary/aromatic N) is 1. The molecule has 23 heavy (non-hydrogen) atoms. The number of halogens is 1. The molecule has 2 rings (SSSR count). The molecule has 1 amide bonds. The Balaban J connectivity index is 2.08. The van der Waals surface area contributed by atoms with Crippen molar-refractivity contribution in [1.29, 1.82) is 0 Å². The summed E-state index contributed by atoms with van der Waals surface area (Å²) in [6.07, 6.45) is 1.51. The van der Waals surface area contributed by atoms with Gasteiger partial charge in [0.05, 0.1) is 16.4 Å². The van der Waals surface area contributed by atoms with Crippen LogP contribution in [-0.4, -0.2) is 23.8 Å². The number of phenols is 1. The molecule has 0 atom stereocenters. The molecule has 2 aromatic carbocycles. The van der Waals surface area contributed by atoms with Gasteiger partial charge in [-0.15, -0.1) is 0 Å². The third-order valence-corrected chi connectivity index (χ3v) is 3.87. The van der Waals surface area contributed by atoms with Gasteiger partial charge >= 0.3 is 0 Å². The minimum Gasteiger partial charge on any atom is -0.504 e. The highest BCUT2D eigenvalue weighted by atomic mass is 127. The molecule has 120 valence electrons. The van der Waals surface area contributed by atoms with Gasteiger partial charge in [0, 0.05) is 5.56 Å². The minimum atomic E-state index is -0.278. The quantitative estimate of drug-likeness (QED) is 0.439. The second-order valence-corrected chi connectivity index (χ2v) is 6.01. The molecule has 0 aliphatic carbocycles. The smallest absolute Gasteiger partial charge is 0.271 e. The number of nitrogens with one attached hydrogen (secondary N) is 1. The number of carbonyl (C=O) groups excluding carboxylic acids is 1. The van der Waals surface area contributed by atoms with Crippen LogP contribution in [0.15, 0.2) is 41.5 Å². The molecule has 0 bridgehead atoms. The number of rotatable bonds is 5. The van der Waals surface area contributed by atoms with Gasteiger partial charge in [-0.2, -0.15) is 5.10 Å². The summed E-state index contributed by atoms with van der Waals surface area (Å²) >= 11 is 2.01. The van der Waals surface area contributed by atoms with Crippen molar-refractivity contribution in [2.75, 3.05) is 6.61 Å². The van der Waals surface area contributed by atoms with Crippen LogP contribution in [0.5, 0.6) is 11.5 Å². The lowest BCUT2D eigenvalue weighted by Gasteiger charge is -2.08. The molecule has 0 saturated carbocycles. The van der Waals surface area contributed by atoms with Crippen LogP contribution in [0, 0.1) is 10.5 Å². The Hall–Kier alpha value is -2.09. The fraction of sp³-hybridized carbons (Fsp3) is 0.176. The highest BCUT2D eigenvalue weighted by Crippen LogP contribution is 2.32. The van der Waals surface area contributed by atoms with Gasteiger partial charge in [-0.3, -0.25) is 4.79 Å². The van der Waals surface area contributed by atoms with Gasteiger partial charge in [0.1, 0.15) is 0 Å². The monoisotopic (exact) mass is 424 g/mol. The molecule has 0 radical (unpaired) electrons. The van der Waals surface area contributed by atoms with Crippen molar-refractivity contribution in [3.63, 3.8) is 0 Å². The third-order valence-electron chi connectivity index (χ3n) is 3.04. The number of aryl methyl sites for hydroxylation is 1. The number of hydrazone groups is 1. The van der Waals surface area contributed by atoms with E-state index in [4.69, 9.17) is 4.74 Å². The molecule has 0 spiro atoms. The molecule has 0 unspecified atom stereocenters. The topological polar surface area (TPSA) is 70.9 Å². The van der Waals surface area contributed by atoms with E-state index in [9.17, 15) is 9.90 Å². The van der Waals surface area contributed by atoms with Gasteiger partial charge in [0.25, 0.3) is 5.91 Å². The minimum absolute atomic E-state index is 0.105. The molecule has 0 saturated heterocycles. The largest absolute Gasteiger partial charge is 0.504 e. The molecule has 5 nitrogen and oxygen atoms in total. The van der Waals surface area contributed by atoms with Gasteiger partial charge in [0.2, 0.25) is 0 Å². The Morgan fingerprint density at radius 3 is 2.70 bits per heavy atom. The summed E-state index contributed by atoms with van der Waals surface area (Å²) in [5.41, 5.74) is 4.83. The van der Waals surface area contributed by atoms with Crippen LogP contribution in [0.4, 0.5) is 0 Å². The van der Waals surface area contributed by atoms with Crippen LogP contribution in [0.3, 0.4) is 0 Å². The van der Waals surface area contributed by atoms with Crippen molar-refractivity contribution in [2.24, 2.45) is 5.10 Å².